The molecule has 2 heterocycles. The summed E-state index contributed by atoms with van der Waals surface area (Å²) in [7, 11) is -3.66. The Morgan fingerprint density at radius 3 is 2.48 bits per heavy atom. The van der Waals surface area contributed by atoms with Crippen LogP contribution in [0.2, 0.25) is 0 Å². The predicted octanol–water partition coefficient (Wildman–Crippen LogP) is 2.44. The molecule has 6 nitrogen and oxygen atoms in total. The van der Waals surface area contributed by atoms with Crippen molar-refractivity contribution < 1.29 is 17.7 Å². The largest absolute Gasteiger partial charge is 0.368 e. The summed E-state index contributed by atoms with van der Waals surface area (Å²) in [6.45, 7) is 5.73. The van der Waals surface area contributed by atoms with Crippen molar-refractivity contribution in [3.05, 3.63) is 47.3 Å². The van der Waals surface area contributed by atoms with Gasteiger partial charge in [-0.15, -0.1) is 0 Å². The second-order valence-electron chi connectivity index (χ2n) is 5.82. The lowest BCUT2D eigenvalue weighted by Gasteiger charge is -2.36. The van der Waals surface area contributed by atoms with E-state index in [-0.39, 0.29) is 23.6 Å². The Hall–Kier alpha value is -1.70. The molecule has 0 unspecified atom stereocenters. The molecule has 3 rings (SSSR count). The van der Waals surface area contributed by atoms with E-state index < -0.39 is 10.0 Å². The average molecular weight is 336 g/mol. The Morgan fingerprint density at radius 1 is 1.17 bits per heavy atom. The summed E-state index contributed by atoms with van der Waals surface area (Å²) >= 11 is 0. The van der Waals surface area contributed by atoms with Crippen molar-refractivity contribution in [3.8, 4) is 0 Å². The summed E-state index contributed by atoms with van der Waals surface area (Å²) in [6.07, 6.45) is -0.473. The van der Waals surface area contributed by atoms with Crippen LogP contribution in [0.3, 0.4) is 0 Å². The van der Waals surface area contributed by atoms with E-state index in [4.69, 9.17) is 9.26 Å². The molecule has 1 aromatic carbocycles. The summed E-state index contributed by atoms with van der Waals surface area (Å²) in [5.74, 6) is 0.318. The van der Waals surface area contributed by atoms with Gasteiger partial charge in [0.25, 0.3) is 0 Å². The van der Waals surface area contributed by atoms with Crippen LogP contribution in [0.4, 0.5) is 0 Å². The highest BCUT2D eigenvalue weighted by molar-refractivity contribution is 7.89. The van der Waals surface area contributed by atoms with Crippen LogP contribution < -0.4 is 0 Å². The third kappa shape index (κ3) is 3.04. The van der Waals surface area contributed by atoms with Gasteiger partial charge >= 0.3 is 0 Å². The first-order valence-corrected chi connectivity index (χ1v) is 8.97. The minimum Gasteiger partial charge on any atom is -0.368 e. The molecule has 1 aliphatic heterocycles. The first-order chi connectivity index (χ1) is 10.9. The van der Waals surface area contributed by atoms with E-state index in [0.29, 0.717) is 18.0 Å². The van der Waals surface area contributed by atoms with E-state index in [2.05, 4.69) is 5.16 Å². The number of sulfonamides is 1. The van der Waals surface area contributed by atoms with Gasteiger partial charge in [-0.3, -0.25) is 0 Å². The molecule has 2 aromatic rings. The molecule has 0 N–H and O–H groups in total. The molecule has 1 saturated heterocycles. The maximum atomic E-state index is 13.0. The van der Waals surface area contributed by atoms with Gasteiger partial charge in [0.1, 0.15) is 10.6 Å². The zero-order chi connectivity index (χ0) is 16.6. The number of rotatable bonds is 3. The van der Waals surface area contributed by atoms with Gasteiger partial charge in [-0.1, -0.05) is 35.5 Å². The first-order valence-electron chi connectivity index (χ1n) is 7.53. The van der Waals surface area contributed by atoms with Crippen LogP contribution in [0.25, 0.3) is 0 Å². The van der Waals surface area contributed by atoms with E-state index in [1.165, 1.54) is 4.31 Å². The maximum Gasteiger partial charge on any atom is 0.248 e. The Balaban J connectivity index is 1.93. The third-order valence-electron chi connectivity index (χ3n) is 3.96. The van der Waals surface area contributed by atoms with Crippen molar-refractivity contribution in [2.45, 2.75) is 37.9 Å². The van der Waals surface area contributed by atoms with Gasteiger partial charge in [-0.05, 0) is 26.3 Å². The lowest BCUT2D eigenvalue weighted by molar-refractivity contribution is -0.0557. The van der Waals surface area contributed by atoms with Crippen molar-refractivity contribution in [2.24, 2.45) is 0 Å². The van der Waals surface area contributed by atoms with E-state index in [0.717, 1.165) is 5.56 Å². The maximum absolute atomic E-state index is 13.0. The topological polar surface area (TPSA) is 72.6 Å². The van der Waals surface area contributed by atoms with E-state index in [9.17, 15) is 8.42 Å². The summed E-state index contributed by atoms with van der Waals surface area (Å²) in [6, 6.07) is 9.66. The molecule has 0 aliphatic carbocycles. The zero-order valence-corrected chi connectivity index (χ0v) is 14.2. The minimum absolute atomic E-state index is 0.165. The van der Waals surface area contributed by atoms with E-state index in [1.807, 2.05) is 37.3 Å². The Kier molecular flexibility index (Phi) is 4.27. The summed E-state index contributed by atoms with van der Waals surface area (Å²) in [4.78, 5) is 0.165. The summed E-state index contributed by atoms with van der Waals surface area (Å²) in [5.41, 5.74) is 1.36. The van der Waals surface area contributed by atoms with Crippen LogP contribution in [0, 0.1) is 13.8 Å². The Labute approximate surface area is 136 Å². The van der Waals surface area contributed by atoms with Gasteiger partial charge in [-0.25, -0.2) is 8.42 Å². The molecular weight excluding hydrogens is 316 g/mol. The highest BCUT2D eigenvalue weighted by atomic mass is 32.2. The zero-order valence-electron chi connectivity index (χ0n) is 13.4. The quantitative estimate of drug-likeness (QED) is 0.861. The van der Waals surface area contributed by atoms with Crippen molar-refractivity contribution in [2.75, 3.05) is 13.1 Å². The van der Waals surface area contributed by atoms with Gasteiger partial charge in [-0.2, -0.15) is 4.31 Å². The van der Waals surface area contributed by atoms with Gasteiger partial charge in [0.05, 0.1) is 12.2 Å². The molecule has 124 valence electrons. The smallest absolute Gasteiger partial charge is 0.248 e. The van der Waals surface area contributed by atoms with Crippen molar-refractivity contribution >= 4 is 10.0 Å². The lowest BCUT2D eigenvalue weighted by atomic mass is 10.1. The fourth-order valence-corrected chi connectivity index (χ4v) is 4.74. The highest BCUT2D eigenvalue weighted by Gasteiger charge is 2.37. The molecular formula is C16H20N2O4S. The molecule has 1 aliphatic rings. The van der Waals surface area contributed by atoms with Crippen LogP contribution in [0.1, 0.15) is 30.0 Å². The second-order valence-corrected chi connectivity index (χ2v) is 7.70. The normalized spacial score (nSPS) is 23.1. The van der Waals surface area contributed by atoms with Gasteiger partial charge in [0.2, 0.25) is 10.0 Å². The highest BCUT2D eigenvalue weighted by Crippen LogP contribution is 2.31. The number of hydrogen-bond acceptors (Lipinski definition) is 5. The molecule has 0 saturated carbocycles. The van der Waals surface area contributed by atoms with Crippen LogP contribution >= 0.6 is 0 Å². The van der Waals surface area contributed by atoms with Crippen molar-refractivity contribution in [1.82, 2.24) is 9.46 Å². The van der Waals surface area contributed by atoms with E-state index >= 15 is 0 Å². The van der Waals surface area contributed by atoms with Gasteiger partial charge in [0.15, 0.2) is 5.76 Å². The van der Waals surface area contributed by atoms with Crippen molar-refractivity contribution in [3.63, 3.8) is 0 Å². The van der Waals surface area contributed by atoms with Crippen molar-refractivity contribution in [1.29, 1.82) is 0 Å². The van der Waals surface area contributed by atoms with Crippen LogP contribution in [-0.4, -0.2) is 37.1 Å². The number of benzene rings is 1. The summed E-state index contributed by atoms with van der Waals surface area (Å²) < 4.78 is 38.4. The molecule has 0 amide bonds. The number of ether oxygens (including phenoxy) is 1. The SMILES string of the molecule is Cc1noc(C)c1S(=O)(=O)N1C[C@H](C)O[C@@H](c2ccccc2)C1. The van der Waals surface area contributed by atoms with Crippen LogP contribution in [-0.2, 0) is 14.8 Å². The third-order valence-corrected chi connectivity index (χ3v) is 6.04. The monoisotopic (exact) mass is 336 g/mol. The molecule has 1 fully saturated rings. The lowest BCUT2D eigenvalue weighted by Crippen LogP contribution is -2.46. The standard InChI is InChI=1S/C16H20N2O4S/c1-11-9-18(10-15(21-11)14-7-5-4-6-8-14)23(19,20)16-12(2)17-22-13(16)3/h4-8,11,15H,9-10H2,1-3H3/t11-,15+/m0/s1. The number of morpholine rings is 1. The molecule has 7 heteroatoms. The summed E-state index contributed by atoms with van der Waals surface area (Å²) in [5, 5.41) is 3.76. The number of hydrogen-bond donors (Lipinski definition) is 0. The molecule has 1 aromatic heterocycles. The molecule has 0 bridgehead atoms. The Bertz CT molecular complexity index is 766. The first kappa shape index (κ1) is 16.2. The van der Waals surface area contributed by atoms with Crippen LogP contribution in [0.15, 0.2) is 39.8 Å². The fraction of sp³-hybridized carbons (Fsp3) is 0.438. The number of aromatic nitrogens is 1. The molecule has 0 spiro atoms. The van der Waals surface area contributed by atoms with Gasteiger partial charge < -0.3 is 9.26 Å². The second kappa shape index (κ2) is 6.07. The molecule has 2 atom stereocenters. The number of nitrogens with zero attached hydrogens (tertiary/aromatic N) is 2. The molecule has 0 radical (unpaired) electrons. The molecule has 23 heavy (non-hydrogen) atoms. The average Bonchev–Trinajstić information content (AvgIpc) is 2.87. The van der Waals surface area contributed by atoms with Gasteiger partial charge in [0, 0.05) is 13.1 Å². The van der Waals surface area contributed by atoms with E-state index in [1.54, 1.807) is 13.8 Å². The Morgan fingerprint density at radius 2 is 1.87 bits per heavy atom. The minimum atomic E-state index is -3.66. The predicted molar refractivity (Wildman–Crippen MR) is 84.5 cm³/mol. The number of aryl methyl sites for hydroxylation is 2. The van der Waals surface area contributed by atoms with Crippen LogP contribution in [0.5, 0.6) is 0 Å². The fourth-order valence-electron chi connectivity index (χ4n) is 2.93.